The first-order valence-corrected chi connectivity index (χ1v) is 6.56. The predicted molar refractivity (Wildman–Crippen MR) is 80.2 cm³/mol. The second-order valence-electron chi connectivity index (χ2n) is 4.47. The zero-order chi connectivity index (χ0) is 15.1. The molecular weight excluding hydrogens is 272 g/mol. The smallest absolute Gasteiger partial charge is 0.264 e. The number of H-pyrrole nitrogens is 2. The zero-order valence-electron chi connectivity index (χ0n) is 11.7. The number of aromatic nitrogens is 2. The van der Waals surface area contributed by atoms with Crippen molar-refractivity contribution in [3.63, 3.8) is 0 Å². The first kappa shape index (κ1) is 15.0. The Labute approximate surface area is 121 Å². The Hall–Kier alpha value is -2.38. The van der Waals surface area contributed by atoms with Crippen LogP contribution < -0.4 is 16.2 Å². The SMILES string of the molecule is COCCNCC(=O)Nc1ccc(-c2cc(=O)[nH][nH]2)cc1. The topological polar surface area (TPSA) is 99.0 Å². The van der Waals surface area contributed by atoms with Gasteiger partial charge in [-0.15, -0.1) is 0 Å². The van der Waals surface area contributed by atoms with Gasteiger partial charge >= 0.3 is 0 Å². The number of carbonyl (C=O) groups is 1. The lowest BCUT2D eigenvalue weighted by Crippen LogP contribution is -2.30. The van der Waals surface area contributed by atoms with Crippen molar-refractivity contribution in [2.45, 2.75) is 0 Å². The van der Waals surface area contributed by atoms with E-state index in [4.69, 9.17) is 4.74 Å². The van der Waals surface area contributed by atoms with Gasteiger partial charge in [0.15, 0.2) is 0 Å². The summed E-state index contributed by atoms with van der Waals surface area (Å²) in [7, 11) is 1.61. The van der Waals surface area contributed by atoms with Crippen LogP contribution in [0, 0.1) is 0 Å². The molecule has 1 heterocycles. The molecular formula is C14H18N4O3. The third-order valence-corrected chi connectivity index (χ3v) is 2.84. The van der Waals surface area contributed by atoms with Crippen LogP contribution in [-0.4, -0.2) is 42.9 Å². The molecule has 7 nitrogen and oxygen atoms in total. The summed E-state index contributed by atoms with van der Waals surface area (Å²) in [6, 6.07) is 8.70. The van der Waals surface area contributed by atoms with E-state index < -0.39 is 0 Å². The summed E-state index contributed by atoms with van der Waals surface area (Å²) in [5.74, 6) is -0.117. The molecule has 0 saturated heterocycles. The molecule has 0 spiro atoms. The second kappa shape index (κ2) is 7.41. The summed E-state index contributed by atoms with van der Waals surface area (Å²) in [4.78, 5) is 22.7. The van der Waals surface area contributed by atoms with E-state index in [1.807, 2.05) is 12.1 Å². The van der Waals surface area contributed by atoms with Crippen molar-refractivity contribution in [2.24, 2.45) is 0 Å². The summed E-state index contributed by atoms with van der Waals surface area (Å²) in [6.07, 6.45) is 0. The van der Waals surface area contributed by atoms with Crippen LogP contribution >= 0.6 is 0 Å². The molecule has 21 heavy (non-hydrogen) atoms. The lowest BCUT2D eigenvalue weighted by atomic mass is 10.1. The average molecular weight is 290 g/mol. The summed E-state index contributed by atoms with van der Waals surface area (Å²) in [5.41, 5.74) is 2.10. The van der Waals surface area contributed by atoms with Gasteiger partial charge in [-0.3, -0.25) is 19.8 Å². The molecule has 0 bridgehead atoms. The van der Waals surface area contributed by atoms with Gasteiger partial charge in [0.1, 0.15) is 0 Å². The van der Waals surface area contributed by atoms with Crippen molar-refractivity contribution in [3.8, 4) is 11.3 Å². The van der Waals surface area contributed by atoms with E-state index in [0.717, 1.165) is 5.56 Å². The molecule has 2 rings (SSSR count). The number of benzene rings is 1. The van der Waals surface area contributed by atoms with Crippen molar-refractivity contribution in [3.05, 3.63) is 40.7 Å². The highest BCUT2D eigenvalue weighted by Crippen LogP contribution is 2.17. The fourth-order valence-electron chi connectivity index (χ4n) is 1.80. The number of hydrogen-bond acceptors (Lipinski definition) is 4. The van der Waals surface area contributed by atoms with Crippen LogP contribution in [0.1, 0.15) is 0 Å². The van der Waals surface area contributed by atoms with Crippen molar-refractivity contribution >= 4 is 11.6 Å². The molecule has 1 aromatic carbocycles. The van der Waals surface area contributed by atoms with Gasteiger partial charge in [0, 0.05) is 25.4 Å². The van der Waals surface area contributed by atoms with E-state index in [-0.39, 0.29) is 18.0 Å². The molecule has 4 N–H and O–H groups in total. The van der Waals surface area contributed by atoms with Crippen LogP contribution in [0.4, 0.5) is 5.69 Å². The minimum absolute atomic E-state index is 0.117. The van der Waals surface area contributed by atoms with Gasteiger partial charge in [-0.05, 0) is 17.7 Å². The normalized spacial score (nSPS) is 10.5. The first-order valence-electron chi connectivity index (χ1n) is 6.56. The number of carbonyl (C=O) groups excluding carboxylic acids is 1. The van der Waals surface area contributed by atoms with Gasteiger partial charge < -0.3 is 15.4 Å². The van der Waals surface area contributed by atoms with E-state index in [0.29, 0.717) is 24.5 Å². The summed E-state index contributed by atoms with van der Waals surface area (Å²) in [6.45, 7) is 1.43. The molecule has 1 amide bonds. The Morgan fingerprint density at radius 3 is 2.62 bits per heavy atom. The fourth-order valence-corrected chi connectivity index (χ4v) is 1.80. The maximum absolute atomic E-state index is 11.7. The molecule has 0 radical (unpaired) electrons. The minimum Gasteiger partial charge on any atom is -0.383 e. The molecule has 0 saturated carbocycles. The molecule has 0 aliphatic carbocycles. The Morgan fingerprint density at radius 2 is 2.00 bits per heavy atom. The average Bonchev–Trinajstić information content (AvgIpc) is 2.91. The van der Waals surface area contributed by atoms with Crippen molar-refractivity contribution < 1.29 is 9.53 Å². The predicted octanol–water partition coefficient (Wildman–Crippen LogP) is 0.544. The molecule has 2 aromatic rings. The van der Waals surface area contributed by atoms with Gasteiger partial charge in [0.25, 0.3) is 5.56 Å². The zero-order valence-corrected chi connectivity index (χ0v) is 11.7. The molecule has 7 heteroatoms. The van der Waals surface area contributed by atoms with Crippen molar-refractivity contribution in [1.29, 1.82) is 0 Å². The monoisotopic (exact) mass is 290 g/mol. The van der Waals surface area contributed by atoms with Crippen LogP contribution in [-0.2, 0) is 9.53 Å². The first-order chi connectivity index (χ1) is 10.2. The Kier molecular flexibility index (Phi) is 5.30. The third-order valence-electron chi connectivity index (χ3n) is 2.84. The summed E-state index contributed by atoms with van der Waals surface area (Å²) in [5, 5.41) is 11.0. The van der Waals surface area contributed by atoms with Crippen molar-refractivity contribution in [1.82, 2.24) is 15.5 Å². The van der Waals surface area contributed by atoms with Gasteiger partial charge in [0.05, 0.1) is 18.8 Å². The Balaban J connectivity index is 1.87. The number of methoxy groups -OCH3 is 1. The van der Waals surface area contributed by atoms with Gasteiger partial charge in [0.2, 0.25) is 5.91 Å². The van der Waals surface area contributed by atoms with Gasteiger partial charge in [-0.25, -0.2) is 0 Å². The van der Waals surface area contributed by atoms with Gasteiger partial charge in [-0.2, -0.15) is 0 Å². The Bertz CT molecular complexity index is 630. The number of amides is 1. The van der Waals surface area contributed by atoms with Crippen LogP contribution in [0.2, 0.25) is 0 Å². The van der Waals surface area contributed by atoms with Gasteiger partial charge in [-0.1, -0.05) is 12.1 Å². The van der Waals surface area contributed by atoms with E-state index in [2.05, 4.69) is 20.8 Å². The highest BCUT2D eigenvalue weighted by Gasteiger charge is 2.03. The highest BCUT2D eigenvalue weighted by atomic mass is 16.5. The molecule has 112 valence electrons. The van der Waals surface area contributed by atoms with Crippen LogP contribution in [0.3, 0.4) is 0 Å². The third kappa shape index (κ3) is 4.59. The number of ether oxygens (including phenoxy) is 1. The molecule has 0 aliphatic heterocycles. The number of nitrogens with one attached hydrogen (secondary N) is 4. The van der Waals surface area contributed by atoms with Crippen LogP contribution in [0.25, 0.3) is 11.3 Å². The molecule has 1 aromatic heterocycles. The molecule has 0 aliphatic rings. The van der Waals surface area contributed by atoms with Crippen molar-refractivity contribution in [2.75, 3.05) is 32.1 Å². The minimum atomic E-state index is -0.176. The number of rotatable bonds is 7. The summed E-state index contributed by atoms with van der Waals surface area (Å²) < 4.78 is 4.88. The Morgan fingerprint density at radius 1 is 1.24 bits per heavy atom. The van der Waals surface area contributed by atoms with Crippen LogP contribution in [0.5, 0.6) is 0 Å². The van der Waals surface area contributed by atoms with E-state index in [9.17, 15) is 9.59 Å². The maximum Gasteiger partial charge on any atom is 0.264 e. The molecule has 0 unspecified atom stereocenters. The van der Waals surface area contributed by atoms with E-state index in [1.165, 1.54) is 6.07 Å². The van der Waals surface area contributed by atoms with E-state index >= 15 is 0 Å². The standard InChI is InChI=1S/C14H18N4O3/c1-21-7-6-15-9-14(20)16-11-4-2-10(3-5-11)12-8-13(19)18-17-12/h2-5,8,15H,6-7,9H2,1H3,(H,16,20)(H2,17,18,19). The van der Waals surface area contributed by atoms with E-state index in [1.54, 1.807) is 19.2 Å². The largest absolute Gasteiger partial charge is 0.383 e. The molecule has 0 fully saturated rings. The summed E-state index contributed by atoms with van der Waals surface area (Å²) >= 11 is 0. The molecule has 0 atom stereocenters. The number of hydrogen-bond donors (Lipinski definition) is 4. The fraction of sp³-hybridized carbons (Fsp3) is 0.286. The second-order valence-corrected chi connectivity index (χ2v) is 4.47. The number of anilines is 1. The van der Waals surface area contributed by atoms with Crippen LogP contribution in [0.15, 0.2) is 35.1 Å². The highest BCUT2D eigenvalue weighted by molar-refractivity contribution is 5.92. The quantitative estimate of drug-likeness (QED) is 0.559. The lowest BCUT2D eigenvalue weighted by Gasteiger charge is -2.07. The number of aromatic amines is 2. The lowest BCUT2D eigenvalue weighted by molar-refractivity contribution is -0.115. The maximum atomic E-state index is 11.7.